The van der Waals surface area contributed by atoms with Crippen LogP contribution in [0.4, 0.5) is 0 Å². The number of furan rings is 2. The molecule has 0 unspecified atom stereocenters. The van der Waals surface area contributed by atoms with Crippen LogP contribution in [0.3, 0.4) is 0 Å². The highest BCUT2D eigenvalue weighted by atomic mass is 32.1. The molecule has 4 aromatic rings. The molecule has 3 heterocycles. The number of hydrogen-bond acceptors (Lipinski definition) is 5. The molecule has 0 spiro atoms. The number of hydrogen-bond donors (Lipinski definition) is 0. The maximum atomic E-state index is 9.40. The third-order valence-electron chi connectivity index (χ3n) is 3.18. The van der Waals surface area contributed by atoms with Crippen LogP contribution < -0.4 is 0 Å². The van der Waals surface area contributed by atoms with Crippen molar-refractivity contribution in [2.24, 2.45) is 0 Å². The van der Waals surface area contributed by atoms with Gasteiger partial charge < -0.3 is 8.83 Å². The van der Waals surface area contributed by atoms with Gasteiger partial charge in [-0.25, -0.2) is 4.98 Å². The fraction of sp³-hybridized carbons (Fsp3) is 0. The van der Waals surface area contributed by atoms with Gasteiger partial charge in [-0.05, 0) is 24.3 Å². The second-order valence-corrected chi connectivity index (χ2v) is 5.29. The van der Waals surface area contributed by atoms with Crippen LogP contribution in [0.2, 0.25) is 0 Å². The van der Waals surface area contributed by atoms with Crippen molar-refractivity contribution >= 4 is 22.3 Å². The summed E-state index contributed by atoms with van der Waals surface area (Å²) in [5.74, 6) is 1.22. The van der Waals surface area contributed by atoms with Crippen molar-refractivity contribution in [2.75, 3.05) is 0 Å². The molecule has 0 aliphatic rings. The number of benzene rings is 1. The van der Waals surface area contributed by atoms with Crippen molar-refractivity contribution in [3.05, 3.63) is 53.6 Å². The predicted octanol–water partition coefficient (Wildman–Crippen LogP) is 4.69. The summed E-state index contributed by atoms with van der Waals surface area (Å²) in [5.41, 5.74) is 1.86. The molecule has 100 valence electrons. The quantitative estimate of drug-likeness (QED) is 0.537. The molecule has 0 N–H and O–H groups in total. The number of thiazole rings is 1. The Kier molecular flexibility index (Phi) is 2.62. The Morgan fingerprint density at radius 2 is 2.05 bits per heavy atom. The molecule has 0 saturated carbocycles. The van der Waals surface area contributed by atoms with Crippen LogP contribution >= 0.6 is 11.3 Å². The lowest BCUT2D eigenvalue weighted by Crippen LogP contribution is -1.79. The van der Waals surface area contributed by atoms with Gasteiger partial charge in [0.15, 0.2) is 16.5 Å². The molecule has 1 aromatic carbocycles. The van der Waals surface area contributed by atoms with E-state index in [1.54, 1.807) is 6.26 Å². The Morgan fingerprint density at radius 3 is 2.86 bits per heavy atom. The lowest BCUT2D eigenvalue weighted by atomic mass is 10.1. The topological polar surface area (TPSA) is 63.0 Å². The number of fused-ring (bicyclic) bond motifs is 1. The van der Waals surface area contributed by atoms with E-state index in [4.69, 9.17) is 8.83 Å². The minimum absolute atomic E-state index is 0.507. The highest BCUT2D eigenvalue weighted by molar-refractivity contribution is 7.13. The summed E-state index contributed by atoms with van der Waals surface area (Å²) < 4.78 is 11.1. The summed E-state index contributed by atoms with van der Waals surface area (Å²) in [6.07, 6.45) is 1.61. The smallest absolute Gasteiger partial charge is 0.172 e. The monoisotopic (exact) mass is 292 g/mol. The van der Waals surface area contributed by atoms with E-state index in [-0.39, 0.29) is 0 Å². The van der Waals surface area contributed by atoms with Gasteiger partial charge in [0, 0.05) is 10.8 Å². The molecule has 0 saturated heterocycles. The summed E-state index contributed by atoms with van der Waals surface area (Å²) in [4.78, 5) is 4.51. The zero-order valence-electron chi connectivity index (χ0n) is 10.7. The highest BCUT2D eigenvalue weighted by Crippen LogP contribution is 2.35. The number of nitrogens with zero attached hydrogens (tertiary/aromatic N) is 2. The number of rotatable bonds is 2. The van der Waals surface area contributed by atoms with Gasteiger partial charge >= 0.3 is 0 Å². The van der Waals surface area contributed by atoms with Gasteiger partial charge in [0.2, 0.25) is 0 Å². The fourth-order valence-corrected chi connectivity index (χ4v) is 2.99. The molecule has 21 heavy (non-hydrogen) atoms. The van der Waals surface area contributed by atoms with Crippen LogP contribution in [0.25, 0.3) is 33.2 Å². The van der Waals surface area contributed by atoms with Crippen molar-refractivity contribution in [1.29, 1.82) is 5.26 Å². The lowest BCUT2D eigenvalue weighted by molar-refractivity contribution is 0.581. The Balaban J connectivity index is 1.89. The first-order chi connectivity index (χ1) is 10.4. The van der Waals surface area contributed by atoms with Crippen molar-refractivity contribution < 1.29 is 8.83 Å². The molecule has 0 fully saturated rings. The molecule has 0 amide bonds. The molecule has 0 aliphatic heterocycles. The molecule has 0 aliphatic carbocycles. The highest BCUT2D eigenvalue weighted by Gasteiger charge is 2.18. The first kappa shape index (κ1) is 11.9. The average molecular weight is 292 g/mol. The molecule has 5 heteroatoms. The Morgan fingerprint density at radius 1 is 1.14 bits per heavy atom. The molecule has 0 bridgehead atoms. The first-order valence-corrected chi connectivity index (χ1v) is 7.16. The summed E-state index contributed by atoms with van der Waals surface area (Å²) >= 11 is 1.46. The van der Waals surface area contributed by atoms with Crippen molar-refractivity contribution in [3.8, 4) is 28.3 Å². The van der Waals surface area contributed by atoms with Crippen LogP contribution in [0.1, 0.15) is 5.56 Å². The minimum Gasteiger partial charge on any atom is -0.462 e. The van der Waals surface area contributed by atoms with Crippen LogP contribution in [0, 0.1) is 11.3 Å². The lowest BCUT2D eigenvalue weighted by Gasteiger charge is -1.90. The molecule has 4 rings (SSSR count). The Bertz CT molecular complexity index is 958. The number of nitriles is 1. The zero-order valence-corrected chi connectivity index (χ0v) is 11.6. The van der Waals surface area contributed by atoms with E-state index in [9.17, 15) is 5.26 Å². The van der Waals surface area contributed by atoms with Crippen molar-refractivity contribution in [3.63, 3.8) is 0 Å². The van der Waals surface area contributed by atoms with E-state index < -0.39 is 0 Å². The van der Waals surface area contributed by atoms with Gasteiger partial charge in [0.25, 0.3) is 0 Å². The number of para-hydroxylation sites is 1. The second kappa shape index (κ2) is 4.62. The van der Waals surface area contributed by atoms with Gasteiger partial charge in [-0.15, -0.1) is 11.3 Å². The normalized spacial score (nSPS) is 10.8. The number of aromatic nitrogens is 1. The van der Waals surface area contributed by atoms with Gasteiger partial charge in [-0.1, -0.05) is 12.1 Å². The summed E-state index contributed by atoms with van der Waals surface area (Å²) in [5, 5.41) is 12.8. The van der Waals surface area contributed by atoms with E-state index in [0.717, 1.165) is 10.4 Å². The second-order valence-electron chi connectivity index (χ2n) is 4.43. The first-order valence-electron chi connectivity index (χ1n) is 6.28. The van der Waals surface area contributed by atoms with Gasteiger partial charge in [0.1, 0.15) is 22.9 Å². The van der Waals surface area contributed by atoms with Crippen molar-refractivity contribution in [2.45, 2.75) is 0 Å². The maximum Gasteiger partial charge on any atom is 0.172 e. The van der Waals surface area contributed by atoms with E-state index in [2.05, 4.69) is 11.1 Å². The van der Waals surface area contributed by atoms with Gasteiger partial charge in [-0.3, -0.25) is 0 Å². The van der Waals surface area contributed by atoms with Crippen LogP contribution in [0.15, 0.2) is 56.9 Å². The summed E-state index contributed by atoms with van der Waals surface area (Å²) in [6, 6.07) is 13.4. The van der Waals surface area contributed by atoms with E-state index in [0.29, 0.717) is 28.4 Å². The van der Waals surface area contributed by atoms with E-state index >= 15 is 0 Å². The molecule has 0 atom stereocenters. The zero-order chi connectivity index (χ0) is 14.2. The van der Waals surface area contributed by atoms with Crippen LogP contribution in [-0.4, -0.2) is 4.98 Å². The molecule has 0 radical (unpaired) electrons. The third-order valence-corrected chi connectivity index (χ3v) is 4.03. The fourth-order valence-electron chi connectivity index (χ4n) is 2.23. The molecular weight excluding hydrogens is 284 g/mol. The van der Waals surface area contributed by atoms with Gasteiger partial charge in [0.05, 0.1) is 6.26 Å². The third kappa shape index (κ3) is 1.85. The predicted molar refractivity (Wildman–Crippen MR) is 79.7 cm³/mol. The van der Waals surface area contributed by atoms with Crippen LogP contribution in [0.5, 0.6) is 0 Å². The Hall–Kier alpha value is -2.84. The summed E-state index contributed by atoms with van der Waals surface area (Å²) in [6.45, 7) is 0. The molecule has 3 aromatic heterocycles. The van der Waals surface area contributed by atoms with E-state index in [1.165, 1.54) is 11.3 Å². The van der Waals surface area contributed by atoms with Crippen molar-refractivity contribution in [1.82, 2.24) is 4.98 Å². The average Bonchev–Trinajstić information content (AvgIpc) is 3.24. The Labute approximate surface area is 123 Å². The standard InChI is InChI=1S/C16H8N2O2S/c17-8-11-10-4-1-2-5-13(10)20-15(11)12-9-21-16(18-12)14-6-3-7-19-14/h1-7,9H. The van der Waals surface area contributed by atoms with E-state index in [1.807, 2.05) is 41.8 Å². The largest absolute Gasteiger partial charge is 0.462 e. The minimum atomic E-state index is 0.507. The van der Waals surface area contributed by atoms with Crippen LogP contribution in [-0.2, 0) is 0 Å². The maximum absolute atomic E-state index is 9.40. The summed E-state index contributed by atoms with van der Waals surface area (Å²) in [7, 11) is 0. The molecular formula is C16H8N2O2S. The molecule has 4 nitrogen and oxygen atoms in total. The SMILES string of the molecule is N#Cc1c(-c2csc(-c3ccco3)n2)oc2ccccc12. The van der Waals surface area contributed by atoms with Gasteiger partial charge in [-0.2, -0.15) is 5.26 Å².